The van der Waals surface area contributed by atoms with Crippen LogP contribution in [0.25, 0.3) is 0 Å². The number of nitrogens with zero attached hydrogens (tertiary/aromatic N) is 2. The van der Waals surface area contributed by atoms with Crippen molar-refractivity contribution in [1.82, 2.24) is 9.88 Å². The summed E-state index contributed by atoms with van der Waals surface area (Å²) in [5.41, 5.74) is 0.161. The number of furan rings is 1. The third-order valence-electron chi connectivity index (χ3n) is 5.40. The van der Waals surface area contributed by atoms with Crippen molar-refractivity contribution in [2.45, 2.75) is 32.3 Å². The zero-order valence-electron chi connectivity index (χ0n) is 15.0. The number of pyridine rings is 1. The van der Waals surface area contributed by atoms with Gasteiger partial charge in [0.2, 0.25) is 5.88 Å². The van der Waals surface area contributed by atoms with Crippen LogP contribution in [0.3, 0.4) is 0 Å². The fraction of sp³-hybridized carbons (Fsp3) is 0.500. The molecule has 1 spiro atoms. The van der Waals surface area contributed by atoms with Crippen LogP contribution < -0.4 is 4.74 Å². The molecule has 2 fully saturated rings. The Morgan fingerprint density at radius 1 is 1.31 bits per heavy atom. The van der Waals surface area contributed by atoms with Crippen molar-refractivity contribution in [2.75, 3.05) is 26.3 Å². The summed E-state index contributed by atoms with van der Waals surface area (Å²) < 4.78 is 17.2. The quantitative estimate of drug-likeness (QED) is 0.842. The van der Waals surface area contributed by atoms with E-state index in [2.05, 4.69) is 4.98 Å². The van der Waals surface area contributed by atoms with Gasteiger partial charge in [-0.3, -0.25) is 4.79 Å². The summed E-state index contributed by atoms with van der Waals surface area (Å²) in [6.45, 7) is 4.61. The van der Waals surface area contributed by atoms with Gasteiger partial charge in [-0.15, -0.1) is 0 Å². The molecule has 0 aliphatic carbocycles. The SMILES string of the molecule is Cc1ccc(C(=O)N2CCC3(CC2)CO[C@@H](COc2ccccn2)C3)o1. The van der Waals surface area contributed by atoms with Gasteiger partial charge in [0, 0.05) is 25.4 Å². The second-order valence-electron chi connectivity index (χ2n) is 7.32. The second kappa shape index (κ2) is 7.11. The lowest BCUT2D eigenvalue weighted by atomic mass is 9.76. The highest BCUT2D eigenvalue weighted by Gasteiger charge is 2.43. The molecule has 1 amide bonds. The molecule has 2 aromatic rings. The number of carbonyl (C=O) groups is 1. The molecule has 0 radical (unpaired) electrons. The molecule has 2 saturated heterocycles. The largest absolute Gasteiger partial charge is 0.475 e. The van der Waals surface area contributed by atoms with Crippen LogP contribution in [-0.2, 0) is 4.74 Å². The summed E-state index contributed by atoms with van der Waals surface area (Å²) in [5, 5.41) is 0. The summed E-state index contributed by atoms with van der Waals surface area (Å²) in [5.74, 6) is 1.82. The van der Waals surface area contributed by atoms with E-state index in [9.17, 15) is 4.79 Å². The number of likely N-dealkylation sites (tertiary alicyclic amines) is 1. The molecule has 2 aromatic heterocycles. The van der Waals surface area contributed by atoms with E-state index in [-0.39, 0.29) is 17.4 Å². The number of piperidine rings is 1. The van der Waals surface area contributed by atoms with Crippen LogP contribution in [0.2, 0.25) is 0 Å². The lowest BCUT2D eigenvalue weighted by molar-refractivity contribution is 0.0409. The molecule has 2 aliphatic rings. The van der Waals surface area contributed by atoms with Crippen LogP contribution in [0, 0.1) is 12.3 Å². The molecule has 138 valence electrons. The normalized spacial score (nSPS) is 21.9. The van der Waals surface area contributed by atoms with E-state index >= 15 is 0 Å². The molecule has 4 heterocycles. The summed E-state index contributed by atoms with van der Waals surface area (Å²) in [6.07, 6.45) is 4.70. The Labute approximate surface area is 153 Å². The van der Waals surface area contributed by atoms with E-state index in [1.165, 1.54) is 0 Å². The highest BCUT2D eigenvalue weighted by molar-refractivity contribution is 5.91. The molecule has 26 heavy (non-hydrogen) atoms. The van der Waals surface area contributed by atoms with Crippen LogP contribution in [0.15, 0.2) is 40.9 Å². The summed E-state index contributed by atoms with van der Waals surface area (Å²) in [7, 11) is 0. The van der Waals surface area contributed by atoms with Gasteiger partial charge in [0.1, 0.15) is 12.4 Å². The molecule has 0 bridgehead atoms. The van der Waals surface area contributed by atoms with E-state index < -0.39 is 0 Å². The number of aromatic nitrogens is 1. The van der Waals surface area contributed by atoms with Crippen LogP contribution in [0.4, 0.5) is 0 Å². The van der Waals surface area contributed by atoms with Gasteiger partial charge in [0.25, 0.3) is 5.91 Å². The Bertz CT molecular complexity index is 750. The van der Waals surface area contributed by atoms with Crippen molar-refractivity contribution in [1.29, 1.82) is 0 Å². The van der Waals surface area contributed by atoms with Gasteiger partial charge in [-0.1, -0.05) is 6.07 Å². The standard InChI is InChI=1S/C20H24N2O4/c1-15-5-6-17(26-15)19(23)22-10-7-20(8-11-22)12-16(25-14-20)13-24-18-4-2-3-9-21-18/h2-6,9,16H,7-8,10-14H2,1H3/t16-/m1/s1. The zero-order chi connectivity index (χ0) is 18.0. The zero-order valence-corrected chi connectivity index (χ0v) is 15.0. The molecule has 0 aromatic carbocycles. The van der Waals surface area contributed by atoms with Crippen molar-refractivity contribution < 1.29 is 18.7 Å². The van der Waals surface area contributed by atoms with Crippen LogP contribution in [0.5, 0.6) is 5.88 Å². The van der Waals surface area contributed by atoms with Gasteiger partial charge in [-0.2, -0.15) is 0 Å². The van der Waals surface area contributed by atoms with Crippen molar-refractivity contribution in [3.8, 4) is 5.88 Å². The molecule has 2 aliphatic heterocycles. The molecule has 0 unspecified atom stereocenters. The Morgan fingerprint density at radius 3 is 2.85 bits per heavy atom. The van der Waals surface area contributed by atoms with E-state index in [0.717, 1.165) is 44.7 Å². The Hall–Kier alpha value is -2.34. The smallest absolute Gasteiger partial charge is 0.289 e. The van der Waals surface area contributed by atoms with E-state index in [4.69, 9.17) is 13.9 Å². The highest BCUT2D eigenvalue weighted by Crippen LogP contribution is 2.42. The topological polar surface area (TPSA) is 64.8 Å². The second-order valence-corrected chi connectivity index (χ2v) is 7.32. The molecule has 4 rings (SSSR count). The van der Waals surface area contributed by atoms with Crippen molar-refractivity contribution in [2.24, 2.45) is 5.41 Å². The number of hydrogen-bond donors (Lipinski definition) is 0. The van der Waals surface area contributed by atoms with Crippen LogP contribution in [0.1, 0.15) is 35.6 Å². The molecular weight excluding hydrogens is 332 g/mol. The minimum Gasteiger partial charge on any atom is -0.475 e. The van der Waals surface area contributed by atoms with Gasteiger partial charge in [0.15, 0.2) is 5.76 Å². The minimum absolute atomic E-state index is 0.0121. The number of ether oxygens (including phenoxy) is 2. The number of hydrogen-bond acceptors (Lipinski definition) is 5. The lowest BCUT2D eigenvalue weighted by Gasteiger charge is -2.38. The maximum atomic E-state index is 12.5. The molecule has 6 heteroatoms. The van der Waals surface area contributed by atoms with Crippen molar-refractivity contribution in [3.63, 3.8) is 0 Å². The Morgan fingerprint density at radius 2 is 2.15 bits per heavy atom. The van der Waals surface area contributed by atoms with Crippen molar-refractivity contribution >= 4 is 5.91 Å². The maximum Gasteiger partial charge on any atom is 0.289 e. The predicted molar refractivity (Wildman–Crippen MR) is 95.1 cm³/mol. The van der Waals surface area contributed by atoms with E-state index in [1.807, 2.05) is 36.1 Å². The first-order valence-corrected chi connectivity index (χ1v) is 9.15. The third kappa shape index (κ3) is 3.60. The van der Waals surface area contributed by atoms with Gasteiger partial charge < -0.3 is 18.8 Å². The number of aryl methyl sites for hydroxylation is 1. The van der Waals surface area contributed by atoms with Crippen LogP contribution in [-0.4, -0.2) is 48.2 Å². The molecule has 0 N–H and O–H groups in total. The molecule has 0 saturated carbocycles. The van der Waals surface area contributed by atoms with Gasteiger partial charge in [0.05, 0.1) is 12.7 Å². The first-order chi connectivity index (χ1) is 12.6. The van der Waals surface area contributed by atoms with Gasteiger partial charge in [-0.05, 0) is 49.8 Å². The first-order valence-electron chi connectivity index (χ1n) is 9.15. The first kappa shape index (κ1) is 17.1. The maximum absolute atomic E-state index is 12.5. The lowest BCUT2D eigenvalue weighted by Crippen LogP contribution is -2.43. The fourth-order valence-corrected chi connectivity index (χ4v) is 3.85. The average molecular weight is 356 g/mol. The predicted octanol–water partition coefficient (Wildman–Crippen LogP) is 3.07. The van der Waals surface area contributed by atoms with Crippen molar-refractivity contribution in [3.05, 3.63) is 48.0 Å². The molecule has 6 nitrogen and oxygen atoms in total. The summed E-state index contributed by atoms with van der Waals surface area (Å²) >= 11 is 0. The fourth-order valence-electron chi connectivity index (χ4n) is 3.85. The van der Waals surface area contributed by atoms with Crippen LogP contribution >= 0.6 is 0 Å². The summed E-state index contributed by atoms with van der Waals surface area (Å²) in [4.78, 5) is 18.6. The minimum atomic E-state index is -0.0121. The average Bonchev–Trinajstić information content (AvgIpc) is 3.28. The summed E-state index contributed by atoms with van der Waals surface area (Å²) in [6, 6.07) is 9.21. The number of rotatable bonds is 4. The highest BCUT2D eigenvalue weighted by atomic mass is 16.5. The Kier molecular flexibility index (Phi) is 4.68. The monoisotopic (exact) mass is 356 g/mol. The molecule has 1 atom stereocenters. The molecular formula is C20H24N2O4. The third-order valence-corrected chi connectivity index (χ3v) is 5.40. The Balaban J connectivity index is 1.28. The van der Waals surface area contributed by atoms with Gasteiger partial charge >= 0.3 is 0 Å². The number of amides is 1. The van der Waals surface area contributed by atoms with E-state index in [0.29, 0.717) is 18.2 Å². The van der Waals surface area contributed by atoms with Gasteiger partial charge in [-0.25, -0.2) is 4.98 Å². The van der Waals surface area contributed by atoms with E-state index in [1.54, 1.807) is 12.3 Å². The number of carbonyl (C=O) groups excluding carboxylic acids is 1.